The van der Waals surface area contributed by atoms with Gasteiger partial charge in [0.15, 0.2) is 11.6 Å². The van der Waals surface area contributed by atoms with E-state index in [-0.39, 0.29) is 47.0 Å². The van der Waals surface area contributed by atoms with Gasteiger partial charge in [-0.3, -0.25) is 14.4 Å². The van der Waals surface area contributed by atoms with Crippen LogP contribution in [0.15, 0.2) is 11.6 Å². The number of hydrogen-bond acceptors (Lipinski definition) is 5. The number of ether oxygens (including phenoxy) is 2. The molecule has 4 fully saturated rings. The van der Waals surface area contributed by atoms with Crippen molar-refractivity contribution < 1.29 is 23.9 Å². The van der Waals surface area contributed by atoms with Gasteiger partial charge in [0.25, 0.3) is 0 Å². The maximum Gasteiger partial charge on any atom is 0.303 e. The first-order valence-electron chi connectivity index (χ1n) is 10.9. The molecule has 0 aromatic heterocycles. The highest BCUT2D eigenvalue weighted by Gasteiger charge is 2.65. The molecule has 4 aliphatic carbocycles. The van der Waals surface area contributed by atoms with Crippen LogP contribution in [0.25, 0.3) is 0 Å². The minimum Gasteiger partial charge on any atom is -0.458 e. The number of carbonyl (C=O) groups is 3. The summed E-state index contributed by atoms with van der Waals surface area (Å²) in [5, 5.41) is 0. The van der Waals surface area contributed by atoms with Crippen molar-refractivity contribution in [2.45, 2.75) is 64.9 Å². The van der Waals surface area contributed by atoms with Gasteiger partial charge in [0.2, 0.25) is 0 Å². The monoisotopic (exact) mass is 386 g/mol. The number of carbonyl (C=O) groups excluding carboxylic acids is 3. The van der Waals surface area contributed by atoms with Crippen LogP contribution in [-0.4, -0.2) is 36.9 Å². The van der Waals surface area contributed by atoms with E-state index >= 15 is 0 Å². The summed E-state index contributed by atoms with van der Waals surface area (Å²) >= 11 is 0. The number of rotatable bonds is 3. The summed E-state index contributed by atoms with van der Waals surface area (Å²) in [6, 6.07) is 0. The Labute approximate surface area is 166 Å². The zero-order chi connectivity index (χ0) is 19.7. The number of esters is 1. The van der Waals surface area contributed by atoms with Crippen molar-refractivity contribution in [3.63, 3.8) is 0 Å². The van der Waals surface area contributed by atoms with E-state index in [1.165, 1.54) is 12.5 Å². The molecule has 0 aromatic carbocycles. The highest BCUT2D eigenvalue weighted by molar-refractivity contribution is 5.92. The molecule has 0 amide bonds. The Morgan fingerprint density at radius 2 is 2.04 bits per heavy atom. The third-order valence-electron chi connectivity index (χ3n) is 9.04. The molecule has 7 atom stereocenters. The fourth-order valence-corrected chi connectivity index (χ4v) is 7.84. The van der Waals surface area contributed by atoms with Crippen molar-refractivity contribution in [3.8, 4) is 0 Å². The minimum atomic E-state index is -0.386. The van der Waals surface area contributed by atoms with E-state index in [2.05, 4.69) is 6.92 Å². The molecule has 1 aliphatic heterocycles. The smallest absolute Gasteiger partial charge is 0.303 e. The van der Waals surface area contributed by atoms with E-state index in [0.717, 1.165) is 45.1 Å². The summed E-state index contributed by atoms with van der Waals surface area (Å²) in [6.07, 6.45) is 8.73. The first kappa shape index (κ1) is 18.5. The number of Topliss-reactive ketones (excluding diaryl/α,β-unsaturated/α-hetero) is 1. The molecule has 3 saturated carbocycles. The first-order valence-corrected chi connectivity index (χ1v) is 10.9. The maximum absolute atomic E-state index is 12.8. The summed E-state index contributed by atoms with van der Waals surface area (Å²) in [5.41, 5.74) is 1.36. The van der Waals surface area contributed by atoms with Crippen molar-refractivity contribution in [1.29, 1.82) is 0 Å². The quantitative estimate of drug-likeness (QED) is 0.697. The second kappa shape index (κ2) is 6.25. The molecule has 0 aromatic rings. The summed E-state index contributed by atoms with van der Waals surface area (Å²) in [5.74, 6) is 1.64. The predicted octanol–water partition coefficient (Wildman–Crippen LogP) is 3.26. The topological polar surface area (TPSA) is 69.7 Å². The standard InChI is InChI=1S/C23H30O5/c1-13(24)27-11-20(26)18-4-3-16-15-10-21-19-9-14(25)5-8-23(19,12-28-21)17(15)6-7-22(16,18)2/h9,15-18,21H,3-8,10-12H2,1-2H3/t15?,16?,17?,18-,21-,22+,23+/m1/s1. The molecule has 3 unspecified atom stereocenters. The number of fused-ring (bicyclic) bond motifs is 3. The Balaban J connectivity index is 1.41. The van der Waals surface area contributed by atoms with Gasteiger partial charge in [0.1, 0.15) is 6.61 Å². The van der Waals surface area contributed by atoms with E-state index in [0.29, 0.717) is 24.2 Å². The fourth-order valence-electron chi connectivity index (χ4n) is 7.84. The summed E-state index contributed by atoms with van der Waals surface area (Å²) < 4.78 is 11.3. The molecular weight excluding hydrogens is 356 g/mol. The van der Waals surface area contributed by atoms with Crippen molar-refractivity contribution >= 4 is 17.5 Å². The van der Waals surface area contributed by atoms with Gasteiger partial charge in [-0.15, -0.1) is 0 Å². The molecule has 152 valence electrons. The fraction of sp³-hybridized carbons (Fsp3) is 0.783. The highest BCUT2D eigenvalue weighted by Crippen LogP contribution is 2.68. The Bertz CT molecular complexity index is 769. The normalized spacial score (nSPS) is 46.3. The van der Waals surface area contributed by atoms with E-state index in [4.69, 9.17) is 9.47 Å². The molecule has 28 heavy (non-hydrogen) atoms. The Morgan fingerprint density at radius 3 is 2.82 bits per heavy atom. The molecule has 0 N–H and O–H groups in total. The van der Waals surface area contributed by atoms with E-state index < -0.39 is 0 Å². The van der Waals surface area contributed by atoms with Crippen molar-refractivity contribution in [2.75, 3.05) is 13.2 Å². The lowest BCUT2D eigenvalue weighted by Crippen LogP contribution is -2.53. The average Bonchev–Trinajstić information content (AvgIpc) is 3.14. The largest absolute Gasteiger partial charge is 0.458 e. The van der Waals surface area contributed by atoms with Gasteiger partial charge in [-0.25, -0.2) is 0 Å². The summed E-state index contributed by atoms with van der Waals surface area (Å²) in [6.45, 7) is 4.35. The zero-order valence-electron chi connectivity index (χ0n) is 16.9. The van der Waals surface area contributed by atoms with Crippen molar-refractivity contribution in [1.82, 2.24) is 0 Å². The van der Waals surface area contributed by atoms with Crippen LogP contribution in [0.4, 0.5) is 0 Å². The lowest BCUT2D eigenvalue weighted by Gasteiger charge is -2.56. The molecular formula is C23H30O5. The van der Waals surface area contributed by atoms with Gasteiger partial charge in [0.05, 0.1) is 12.7 Å². The maximum atomic E-state index is 12.8. The molecule has 1 heterocycles. The van der Waals surface area contributed by atoms with Gasteiger partial charge >= 0.3 is 5.97 Å². The van der Waals surface area contributed by atoms with Gasteiger partial charge < -0.3 is 9.47 Å². The van der Waals surface area contributed by atoms with Crippen molar-refractivity contribution in [3.05, 3.63) is 11.6 Å². The van der Waals surface area contributed by atoms with Crippen LogP contribution in [-0.2, 0) is 23.9 Å². The first-order chi connectivity index (χ1) is 13.3. The highest BCUT2D eigenvalue weighted by atomic mass is 16.5. The molecule has 0 radical (unpaired) electrons. The van der Waals surface area contributed by atoms with Crippen molar-refractivity contribution in [2.24, 2.45) is 34.5 Å². The second-order valence-corrected chi connectivity index (χ2v) is 10.1. The van der Waals surface area contributed by atoms with Crippen LogP contribution in [0.3, 0.4) is 0 Å². The van der Waals surface area contributed by atoms with Gasteiger partial charge in [-0.05, 0) is 73.3 Å². The van der Waals surface area contributed by atoms with Crippen LogP contribution < -0.4 is 0 Å². The van der Waals surface area contributed by atoms with Crippen LogP contribution in [0, 0.1) is 34.5 Å². The molecule has 5 rings (SSSR count). The Kier molecular flexibility index (Phi) is 4.14. The number of ketones is 2. The van der Waals surface area contributed by atoms with E-state index in [1.807, 2.05) is 6.08 Å². The lowest BCUT2D eigenvalue weighted by atomic mass is 9.46. The molecule has 2 bridgehead atoms. The van der Waals surface area contributed by atoms with Crippen LogP contribution in [0.5, 0.6) is 0 Å². The van der Waals surface area contributed by atoms with Gasteiger partial charge in [-0.1, -0.05) is 6.92 Å². The molecule has 0 spiro atoms. The van der Waals surface area contributed by atoms with Crippen LogP contribution in [0.2, 0.25) is 0 Å². The number of hydrogen-bond donors (Lipinski definition) is 0. The van der Waals surface area contributed by atoms with Gasteiger partial charge in [0, 0.05) is 24.7 Å². The van der Waals surface area contributed by atoms with Gasteiger partial charge in [-0.2, -0.15) is 0 Å². The van der Waals surface area contributed by atoms with Crippen LogP contribution >= 0.6 is 0 Å². The third-order valence-corrected chi connectivity index (χ3v) is 9.04. The van der Waals surface area contributed by atoms with Crippen LogP contribution in [0.1, 0.15) is 58.8 Å². The Morgan fingerprint density at radius 1 is 1.21 bits per heavy atom. The zero-order valence-corrected chi connectivity index (χ0v) is 16.9. The molecule has 1 saturated heterocycles. The third kappa shape index (κ3) is 2.44. The predicted molar refractivity (Wildman–Crippen MR) is 101 cm³/mol. The molecule has 5 heteroatoms. The minimum absolute atomic E-state index is 0.000181. The summed E-state index contributed by atoms with van der Waals surface area (Å²) in [7, 11) is 0. The second-order valence-electron chi connectivity index (χ2n) is 10.1. The van der Waals surface area contributed by atoms with E-state index in [9.17, 15) is 14.4 Å². The average molecular weight is 386 g/mol. The van der Waals surface area contributed by atoms with E-state index in [1.54, 1.807) is 0 Å². The SMILES string of the molecule is CC(=O)OCC(=O)[C@H]1CCC2C3C[C@H]4OC[C@@]5(CCC(=O)C=C45)C3CC[C@@]21C. The molecule has 5 nitrogen and oxygen atoms in total. The Hall–Kier alpha value is -1.49. The lowest BCUT2D eigenvalue weighted by molar-refractivity contribution is -0.149. The summed E-state index contributed by atoms with van der Waals surface area (Å²) in [4.78, 5) is 36.0. The molecule has 5 aliphatic rings.